The van der Waals surface area contributed by atoms with Crippen molar-refractivity contribution in [2.45, 2.75) is 26.2 Å². The zero-order valence-corrected chi connectivity index (χ0v) is 16.6. The number of anilines is 3. The van der Waals surface area contributed by atoms with Gasteiger partial charge in [0.15, 0.2) is 0 Å². The van der Waals surface area contributed by atoms with E-state index in [9.17, 15) is 14.0 Å². The van der Waals surface area contributed by atoms with Crippen molar-refractivity contribution in [2.75, 3.05) is 34.8 Å². The molecular weight excluding hydrogens is 369 g/mol. The first-order chi connectivity index (χ1) is 14.0. The van der Waals surface area contributed by atoms with E-state index in [1.54, 1.807) is 17.0 Å². The van der Waals surface area contributed by atoms with Crippen LogP contribution in [0.1, 0.15) is 26.2 Å². The molecule has 152 valence electrons. The molecule has 0 radical (unpaired) electrons. The molecule has 0 bridgehead atoms. The molecular formula is C23H26FN3O2. The summed E-state index contributed by atoms with van der Waals surface area (Å²) in [5.74, 6) is -0.612. The number of para-hydroxylation sites is 1. The predicted octanol–water partition coefficient (Wildman–Crippen LogP) is 4.05. The molecule has 5 nitrogen and oxygen atoms in total. The predicted molar refractivity (Wildman–Crippen MR) is 113 cm³/mol. The molecule has 2 amide bonds. The molecule has 0 spiro atoms. The van der Waals surface area contributed by atoms with Crippen molar-refractivity contribution in [3.63, 3.8) is 0 Å². The van der Waals surface area contributed by atoms with Gasteiger partial charge in [-0.15, -0.1) is 0 Å². The Morgan fingerprint density at radius 2 is 1.69 bits per heavy atom. The smallest absolute Gasteiger partial charge is 0.229 e. The van der Waals surface area contributed by atoms with E-state index in [2.05, 4.69) is 17.1 Å². The van der Waals surface area contributed by atoms with Crippen molar-refractivity contribution in [2.24, 2.45) is 11.8 Å². The first-order valence-corrected chi connectivity index (χ1v) is 10.2. The molecule has 0 saturated carbocycles. The second-order valence-electron chi connectivity index (χ2n) is 8.06. The Balaban J connectivity index is 1.40. The maximum Gasteiger partial charge on any atom is 0.229 e. The topological polar surface area (TPSA) is 52.6 Å². The third-order valence-corrected chi connectivity index (χ3v) is 5.94. The highest BCUT2D eigenvalue weighted by molar-refractivity contribution is 6.03. The molecule has 1 atom stereocenters. The standard InChI is InChI=1S/C23H26FN3O2/c1-16-10-12-26(13-11-16)18-6-8-19(9-7-18)27-15-17(14-22(27)28)23(29)25-21-5-3-2-4-20(21)24/h2-9,16-17H,10-15H2,1H3,(H,25,29). The Labute approximate surface area is 170 Å². The van der Waals surface area contributed by atoms with E-state index in [0.717, 1.165) is 24.7 Å². The van der Waals surface area contributed by atoms with Crippen LogP contribution in [0.25, 0.3) is 0 Å². The van der Waals surface area contributed by atoms with Crippen LogP contribution in [0.3, 0.4) is 0 Å². The van der Waals surface area contributed by atoms with E-state index in [-0.39, 0.29) is 23.9 Å². The fraction of sp³-hybridized carbons (Fsp3) is 0.391. The van der Waals surface area contributed by atoms with Gasteiger partial charge in [0.25, 0.3) is 0 Å². The monoisotopic (exact) mass is 395 g/mol. The summed E-state index contributed by atoms with van der Waals surface area (Å²) < 4.78 is 13.8. The number of amides is 2. The zero-order valence-electron chi connectivity index (χ0n) is 16.6. The molecule has 1 unspecified atom stereocenters. The van der Waals surface area contributed by atoms with E-state index in [4.69, 9.17) is 0 Å². The molecule has 2 aromatic carbocycles. The Morgan fingerprint density at radius 1 is 1.03 bits per heavy atom. The largest absolute Gasteiger partial charge is 0.372 e. The van der Waals surface area contributed by atoms with Crippen molar-refractivity contribution in [3.8, 4) is 0 Å². The number of nitrogens with zero attached hydrogens (tertiary/aromatic N) is 2. The number of hydrogen-bond donors (Lipinski definition) is 1. The number of carbonyl (C=O) groups is 2. The van der Waals surface area contributed by atoms with Gasteiger partial charge >= 0.3 is 0 Å². The SMILES string of the molecule is CC1CCN(c2ccc(N3CC(C(=O)Nc4ccccc4F)CC3=O)cc2)CC1. The Hall–Kier alpha value is -2.89. The number of hydrogen-bond acceptors (Lipinski definition) is 3. The van der Waals surface area contributed by atoms with Crippen LogP contribution in [0, 0.1) is 17.7 Å². The van der Waals surface area contributed by atoms with Crippen LogP contribution in [-0.2, 0) is 9.59 Å². The first kappa shape index (κ1) is 19.4. The van der Waals surface area contributed by atoms with Gasteiger partial charge in [-0.05, 0) is 55.2 Å². The maximum absolute atomic E-state index is 13.8. The number of rotatable bonds is 4. The minimum Gasteiger partial charge on any atom is -0.372 e. The maximum atomic E-state index is 13.8. The molecule has 1 N–H and O–H groups in total. The molecule has 2 aromatic rings. The molecule has 29 heavy (non-hydrogen) atoms. The molecule has 2 aliphatic heterocycles. The van der Waals surface area contributed by atoms with Crippen molar-refractivity contribution in [1.82, 2.24) is 0 Å². The summed E-state index contributed by atoms with van der Waals surface area (Å²) in [6.07, 6.45) is 2.53. The lowest BCUT2D eigenvalue weighted by Gasteiger charge is -2.32. The van der Waals surface area contributed by atoms with E-state index >= 15 is 0 Å². The van der Waals surface area contributed by atoms with Crippen LogP contribution in [-0.4, -0.2) is 31.4 Å². The number of benzene rings is 2. The van der Waals surface area contributed by atoms with Gasteiger partial charge in [-0.2, -0.15) is 0 Å². The van der Waals surface area contributed by atoms with Gasteiger partial charge in [-0.25, -0.2) is 4.39 Å². The number of nitrogens with one attached hydrogen (secondary N) is 1. The van der Waals surface area contributed by atoms with Gasteiger partial charge in [-0.3, -0.25) is 9.59 Å². The van der Waals surface area contributed by atoms with Gasteiger partial charge in [-0.1, -0.05) is 19.1 Å². The van der Waals surface area contributed by atoms with Crippen LogP contribution >= 0.6 is 0 Å². The van der Waals surface area contributed by atoms with E-state index in [1.807, 2.05) is 24.3 Å². The third-order valence-electron chi connectivity index (χ3n) is 5.94. The molecule has 2 aliphatic rings. The molecule has 2 saturated heterocycles. The van der Waals surface area contributed by atoms with Gasteiger partial charge in [0.05, 0.1) is 11.6 Å². The Bertz CT molecular complexity index is 891. The fourth-order valence-electron chi connectivity index (χ4n) is 4.04. The summed E-state index contributed by atoms with van der Waals surface area (Å²) in [5.41, 5.74) is 2.11. The van der Waals surface area contributed by atoms with Crippen LogP contribution in [0.2, 0.25) is 0 Å². The number of halogens is 1. The summed E-state index contributed by atoms with van der Waals surface area (Å²) in [6.45, 7) is 4.71. The normalized spacial score (nSPS) is 20.2. The zero-order chi connectivity index (χ0) is 20.4. The first-order valence-electron chi connectivity index (χ1n) is 10.2. The third kappa shape index (κ3) is 4.26. The lowest BCUT2D eigenvalue weighted by molar-refractivity contribution is -0.122. The van der Waals surface area contributed by atoms with Crippen molar-refractivity contribution < 1.29 is 14.0 Å². The Kier molecular flexibility index (Phi) is 5.51. The van der Waals surface area contributed by atoms with Crippen LogP contribution in [0.4, 0.5) is 21.5 Å². The van der Waals surface area contributed by atoms with Gasteiger partial charge in [0.2, 0.25) is 11.8 Å². The second kappa shape index (κ2) is 8.23. The quantitative estimate of drug-likeness (QED) is 0.850. The van der Waals surface area contributed by atoms with E-state index in [1.165, 1.54) is 30.7 Å². The lowest BCUT2D eigenvalue weighted by atomic mass is 9.99. The minimum atomic E-state index is -0.495. The molecule has 2 fully saturated rings. The summed E-state index contributed by atoms with van der Waals surface area (Å²) in [5, 5.41) is 2.60. The summed E-state index contributed by atoms with van der Waals surface area (Å²) in [7, 11) is 0. The Morgan fingerprint density at radius 3 is 2.38 bits per heavy atom. The summed E-state index contributed by atoms with van der Waals surface area (Å²) in [6, 6.07) is 14.0. The highest BCUT2D eigenvalue weighted by atomic mass is 19.1. The molecule has 0 aromatic heterocycles. The fourth-order valence-corrected chi connectivity index (χ4v) is 4.04. The molecule has 6 heteroatoms. The van der Waals surface area contributed by atoms with Crippen LogP contribution in [0.5, 0.6) is 0 Å². The lowest BCUT2D eigenvalue weighted by Crippen LogP contribution is -2.32. The minimum absolute atomic E-state index is 0.0850. The van der Waals surface area contributed by atoms with Crippen molar-refractivity contribution in [3.05, 3.63) is 54.3 Å². The average Bonchev–Trinajstić information content (AvgIpc) is 3.12. The summed E-state index contributed by atoms with van der Waals surface area (Å²) >= 11 is 0. The van der Waals surface area contributed by atoms with Crippen molar-refractivity contribution in [1.29, 1.82) is 0 Å². The number of piperidine rings is 1. The average molecular weight is 395 g/mol. The van der Waals surface area contributed by atoms with Crippen LogP contribution in [0.15, 0.2) is 48.5 Å². The van der Waals surface area contributed by atoms with Crippen molar-refractivity contribution >= 4 is 28.9 Å². The molecule has 2 heterocycles. The van der Waals surface area contributed by atoms with Gasteiger partial charge < -0.3 is 15.1 Å². The van der Waals surface area contributed by atoms with E-state index in [0.29, 0.717) is 6.54 Å². The molecule has 0 aliphatic carbocycles. The second-order valence-corrected chi connectivity index (χ2v) is 8.06. The van der Waals surface area contributed by atoms with Gasteiger partial charge in [0, 0.05) is 37.4 Å². The molecule has 4 rings (SSSR count). The highest BCUT2D eigenvalue weighted by Crippen LogP contribution is 2.29. The van der Waals surface area contributed by atoms with E-state index < -0.39 is 11.7 Å². The number of carbonyl (C=O) groups excluding carboxylic acids is 2. The van der Waals surface area contributed by atoms with Crippen LogP contribution < -0.4 is 15.1 Å². The highest BCUT2D eigenvalue weighted by Gasteiger charge is 2.35. The van der Waals surface area contributed by atoms with Gasteiger partial charge in [0.1, 0.15) is 5.82 Å². The summed E-state index contributed by atoms with van der Waals surface area (Å²) in [4.78, 5) is 29.0.